The van der Waals surface area contributed by atoms with Gasteiger partial charge in [0.25, 0.3) is 0 Å². The highest BCUT2D eigenvalue weighted by molar-refractivity contribution is 9.10. The molecule has 3 rings (SSSR count). The molecular formula is C14H12BrN3. The van der Waals surface area contributed by atoms with Gasteiger partial charge in [-0.3, -0.25) is 0 Å². The van der Waals surface area contributed by atoms with Crippen molar-refractivity contribution >= 4 is 32.4 Å². The van der Waals surface area contributed by atoms with Crippen molar-refractivity contribution in [3.05, 3.63) is 59.1 Å². The average Bonchev–Trinajstić information content (AvgIpc) is 2.89. The van der Waals surface area contributed by atoms with E-state index in [4.69, 9.17) is 0 Å². The molecule has 0 radical (unpaired) electrons. The molecule has 0 atom stereocenters. The van der Waals surface area contributed by atoms with Crippen LogP contribution in [0, 0.1) is 0 Å². The molecule has 0 bridgehead atoms. The third kappa shape index (κ3) is 2.38. The predicted molar refractivity (Wildman–Crippen MR) is 77.6 cm³/mol. The zero-order valence-electron chi connectivity index (χ0n) is 9.65. The van der Waals surface area contributed by atoms with E-state index in [1.165, 1.54) is 10.8 Å². The number of H-pyrrole nitrogens is 1. The van der Waals surface area contributed by atoms with Gasteiger partial charge in [-0.05, 0) is 35.0 Å². The standard InChI is InChI=1S/C14H12BrN3/c15-12-3-1-11-8-13(4-2-10(11)7-12)18-9-14-16-5-6-17-14/h1-8,18H,9H2,(H,16,17). The smallest absolute Gasteiger partial charge is 0.125 e. The number of hydrogen-bond acceptors (Lipinski definition) is 2. The maximum absolute atomic E-state index is 4.18. The first kappa shape index (κ1) is 11.3. The molecule has 0 aliphatic rings. The van der Waals surface area contributed by atoms with Gasteiger partial charge in [0.05, 0.1) is 6.54 Å². The fourth-order valence-corrected chi connectivity index (χ4v) is 2.29. The lowest BCUT2D eigenvalue weighted by molar-refractivity contribution is 1.00. The third-order valence-electron chi connectivity index (χ3n) is 2.82. The van der Waals surface area contributed by atoms with Gasteiger partial charge in [-0.1, -0.05) is 28.1 Å². The van der Waals surface area contributed by atoms with Crippen LogP contribution in [-0.4, -0.2) is 9.97 Å². The Bertz CT molecular complexity index is 662. The average molecular weight is 302 g/mol. The fourth-order valence-electron chi connectivity index (χ4n) is 1.91. The zero-order valence-corrected chi connectivity index (χ0v) is 11.2. The molecule has 0 spiro atoms. The molecule has 0 aliphatic heterocycles. The Balaban J connectivity index is 1.82. The topological polar surface area (TPSA) is 40.7 Å². The van der Waals surface area contributed by atoms with Crippen LogP contribution in [0.3, 0.4) is 0 Å². The first-order valence-electron chi connectivity index (χ1n) is 5.73. The van der Waals surface area contributed by atoms with E-state index < -0.39 is 0 Å². The third-order valence-corrected chi connectivity index (χ3v) is 3.31. The van der Waals surface area contributed by atoms with Crippen molar-refractivity contribution in [3.63, 3.8) is 0 Å². The predicted octanol–water partition coefficient (Wildman–Crippen LogP) is 3.94. The van der Waals surface area contributed by atoms with E-state index in [0.29, 0.717) is 6.54 Å². The highest BCUT2D eigenvalue weighted by Crippen LogP contribution is 2.23. The summed E-state index contributed by atoms with van der Waals surface area (Å²) in [6.07, 6.45) is 3.59. The summed E-state index contributed by atoms with van der Waals surface area (Å²) in [5.74, 6) is 0.936. The summed E-state index contributed by atoms with van der Waals surface area (Å²) in [5.41, 5.74) is 1.10. The molecule has 0 saturated heterocycles. The summed E-state index contributed by atoms with van der Waals surface area (Å²) < 4.78 is 1.10. The molecule has 0 amide bonds. The van der Waals surface area contributed by atoms with Crippen molar-refractivity contribution in [2.24, 2.45) is 0 Å². The van der Waals surface area contributed by atoms with Crippen LogP contribution >= 0.6 is 15.9 Å². The fraction of sp³-hybridized carbons (Fsp3) is 0.0714. The summed E-state index contributed by atoms with van der Waals surface area (Å²) >= 11 is 3.48. The number of rotatable bonds is 3. The van der Waals surface area contributed by atoms with Crippen molar-refractivity contribution in [3.8, 4) is 0 Å². The molecule has 1 aromatic heterocycles. The first-order chi connectivity index (χ1) is 8.81. The zero-order chi connectivity index (χ0) is 12.4. The van der Waals surface area contributed by atoms with Gasteiger partial charge in [-0.25, -0.2) is 4.98 Å². The summed E-state index contributed by atoms with van der Waals surface area (Å²) in [4.78, 5) is 7.25. The molecule has 0 saturated carbocycles. The first-order valence-corrected chi connectivity index (χ1v) is 6.52. The second-order valence-corrected chi connectivity index (χ2v) is 5.01. The lowest BCUT2D eigenvalue weighted by Crippen LogP contribution is -2.00. The monoisotopic (exact) mass is 301 g/mol. The minimum absolute atomic E-state index is 0.703. The van der Waals surface area contributed by atoms with E-state index in [9.17, 15) is 0 Å². The van der Waals surface area contributed by atoms with Crippen LogP contribution in [0.2, 0.25) is 0 Å². The molecule has 2 N–H and O–H groups in total. The van der Waals surface area contributed by atoms with E-state index in [1.54, 1.807) is 6.20 Å². The normalized spacial score (nSPS) is 10.7. The van der Waals surface area contributed by atoms with Crippen LogP contribution < -0.4 is 5.32 Å². The molecule has 0 fully saturated rings. The van der Waals surface area contributed by atoms with Crippen molar-refractivity contribution in [2.45, 2.75) is 6.54 Å². The molecule has 4 heteroatoms. The maximum Gasteiger partial charge on any atom is 0.125 e. The number of halogens is 1. The molecule has 90 valence electrons. The van der Waals surface area contributed by atoms with Gasteiger partial charge >= 0.3 is 0 Å². The van der Waals surface area contributed by atoms with Crippen LogP contribution in [0.1, 0.15) is 5.82 Å². The van der Waals surface area contributed by atoms with E-state index in [-0.39, 0.29) is 0 Å². The van der Waals surface area contributed by atoms with E-state index in [0.717, 1.165) is 16.0 Å². The van der Waals surface area contributed by atoms with Crippen LogP contribution in [0.25, 0.3) is 10.8 Å². The molecule has 18 heavy (non-hydrogen) atoms. The molecule has 3 aromatic rings. The molecule has 1 heterocycles. The summed E-state index contributed by atoms with van der Waals surface area (Å²) in [6.45, 7) is 0.703. The van der Waals surface area contributed by atoms with Gasteiger partial charge < -0.3 is 10.3 Å². The minimum Gasteiger partial charge on any atom is -0.378 e. The number of imidazole rings is 1. The Morgan fingerprint density at radius 1 is 1.11 bits per heavy atom. The lowest BCUT2D eigenvalue weighted by Gasteiger charge is -2.06. The number of hydrogen-bond donors (Lipinski definition) is 2. The molecular weight excluding hydrogens is 290 g/mol. The van der Waals surface area contributed by atoms with E-state index in [2.05, 4.69) is 67.6 Å². The second kappa shape index (κ2) is 4.82. The number of nitrogens with zero attached hydrogens (tertiary/aromatic N) is 1. The minimum atomic E-state index is 0.703. The number of benzene rings is 2. The highest BCUT2D eigenvalue weighted by Gasteiger charge is 1.98. The maximum atomic E-state index is 4.18. The van der Waals surface area contributed by atoms with Gasteiger partial charge in [0.2, 0.25) is 0 Å². The number of fused-ring (bicyclic) bond motifs is 1. The van der Waals surface area contributed by atoms with Crippen molar-refractivity contribution < 1.29 is 0 Å². The largest absolute Gasteiger partial charge is 0.378 e. The summed E-state index contributed by atoms with van der Waals surface area (Å²) in [7, 11) is 0. The summed E-state index contributed by atoms with van der Waals surface area (Å²) in [5, 5.41) is 5.80. The van der Waals surface area contributed by atoms with Gasteiger partial charge in [0.1, 0.15) is 5.82 Å². The van der Waals surface area contributed by atoms with E-state index >= 15 is 0 Å². The molecule has 3 nitrogen and oxygen atoms in total. The molecule has 0 aliphatic carbocycles. The van der Waals surface area contributed by atoms with Crippen LogP contribution in [0.15, 0.2) is 53.3 Å². The van der Waals surface area contributed by atoms with Gasteiger partial charge in [0.15, 0.2) is 0 Å². The SMILES string of the molecule is Brc1ccc2cc(NCc3ncc[nH]3)ccc2c1. The number of aromatic amines is 1. The van der Waals surface area contributed by atoms with Crippen molar-refractivity contribution in [1.29, 1.82) is 0 Å². The highest BCUT2D eigenvalue weighted by atomic mass is 79.9. The Hall–Kier alpha value is -1.81. The molecule has 0 unspecified atom stereocenters. The van der Waals surface area contributed by atoms with E-state index in [1.807, 2.05) is 6.20 Å². The number of anilines is 1. The second-order valence-electron chi connectivity index (χ2n) is 4.10. The van der Waals surface area contributed by atoms with Crippen molar-refractivity contribution in [2.75, 3.05) is 5.32 Å². The Labute approximate surface area is 113 Å². The Morgan fingerprint density at radius 3 is 2.78 bits per heavy atom. The summed E-state index contributed by atoms with van der Waals surface area (Å²) in [6, 6.07) is 12.6. The Kier molecular flexibility index (Phi) is 3.02. The van der Waals surface area contributed by atoms with Crippen LogP contribution in [-0.2, 0) is 6.54 Å². The number of nitrogens with one attached hydrogen (secondary N) is 2. The lowest BCUT2D eigenvalue weighted by atomic mass is 10.1. The molecule has 2 aromatic carbocycles. The quantitative estimate of drug-likeness (QED) is 0.769. The number of aromatic nitrogens is 2. The van der Waals surface area contributed by atoms with Crippen LogP contribution in [0.5, 0.6) is 0 Å². The van der Waals surface area contributed by atoms with Gasteiger partial charge in [-0.15, -0.1) is 0 Å². The van der Waals surface area contributed by atoms with Crippen LogP contribution in [0.4, 0.5) is 5.69 Å². The van der Waals surface area contributed by atoms with Gasteiger partial charge in [-0.2, -0.15) is 0 Å². The van der Waals surface area contributed by atoms with Crippen molar-refractivity contribution in [1.82, 2.24) is 9.97 Å². The van der Waals surface area contributed by atoms with Gasteiger partial charge in [0, 0.05) is 22.6 Å². The Morgan fingerprint density at radius 2 is 1.94 bits per heavy atom.